The Bertz CT molecular complexity index is 155. The first-order chi connectivity index (χ1) is 6.07. The van der Waals surface area contributed by atoms with Crippen LogP contribution in [0, 0.1) is 11.3 Å². The molecule has 2 N–H and O–H groups in total. The van der Waals surface area contributed by atoms with Gasteiger partial charge in [-0.15, -0.1) is 0 Å². The molecule has 0 amide bonds. The van der Waals surface area contributed by atoms with Crippen LogP contribution in [0.3, 0.4) is 0 Å². The first-order valence-corrected chi connectivity index (χ1v) is 4.99. The van der Waals surface area contributed by atoms with Gasteiger partial charge < -0.3 is 15.2 Å². The molecule has 0 saturated carbocycles. The van der Waals surface area contributed by atoms with Gasteiger partial charge in [-0.2, -0.15) is 0 Å². The molecular formula is C10H21NO2. The van der Waals surface area contributed by atoms with Gasteiger partial charge in [0, 0.05) is 18.0 Å². The Morgan fingerprint density at radius 3 is 2.38 bits per heavy atom. The molecule has 0 aliphatic carbocycles. The van der Waals surface area contributed by atoms with Crippen molar-refractivity contribution < 1.29 is 9.84 Å². The van der Waals surface area contributed by atoms with Crippen LogP contribution >= 0.6 is 0 Å². The summed E-state index contributed by atoms with van der Waals surface area (Å²) in [5, 5.41) is 12.5. The Morgan fingerprint density at radius 1 is 1.46 bits per heavy atom. The van der Waals surface area contributed by atoms with Crippen molar-refractivity contribution in [3.05, 3.63) is 0 Å². The fourth-order valence-corrected chi connectivity index (χ4v) is 1.44. The Balaban J connectivity index is 2.23. The lowest BCUT2D eigenvalue weighted by atomic mass is 9.88. The smallest absolute Gasteiger partial charge is 0.0587 e. The van der Waals surface area contributed by atoms with Gasteiger partial charge in [-0.05, 0) is 5.92 Å². The molecule has 1 aliphatic rings. The van der Waals surface area contributed by atoms with Crippen LogP contribution in [0.25, 0.3) is 0 Å². The van der Waals surface area contributed by atoms with Gasteiger partial charge in [0.2, 0.25) is 0 Å². The highest BCUT2D eigenvalue weighted by Crippen LogP contribution is 2.25. The predicted molar refractivity (Wildman–Crippen MR) is 52.6 cm³/mol. The highest BCUT2D eigenvalue weighted by atomic mass is 16.5. The molecule has 0 bridgehead atoms. The molecule has 1 fully saturated rings. The van der Waals surface area contributed by atoms with E-state index >= 15 is 0 Å². The fourth-order valence-electron chi connectivity index (χ4n) is 1.44. The van der Waals surface area contributed by atoms with Crippen molar-refractivity contribution in [3.8, 4) is 0 Å². The van der Waals surface area contributed by atoms with E-state index in [4.69, 9.17) is 9.84 Å². The van der Waals surface area contributed by atoms with Crippen LogP contribution in [0.2, 0.25) is 0 Å². The maximum atomic E-state index is 9.09. The number of hydrogen-bond donors (Lipinski definition) is 2. The SMILES string of the molecule is CC(C)C(CO)NCC1(C)COC1. The summed E-state index contributed by atoms with van der Waals surface area (Å²) in [6.07, 6.45) is 0. The van der Waals surface area contributed by atoms with Gasteiger partial charge in [0.15, 0.2) is 0 Å². The minimum atomic E-state index is 0.217. The second-order valence-electron chi connectivity index (χ2n) is 4.72. The van der Waals surface area contributed by atoms with Crippen molar-refractivity contribution in [2.45, 2.75) is 26.8 Å². The normalized spacial score (nSPS) is 22.8. The van der Waals surface area contributed by atoms with Crippen LogP contribution < -0.4 is 5.32 Å². The predicted octanol–water partition coefficient (Wildman–Crippen LogP) is 0.629. The number of aliphatic hydroxyl groups excluding tert-OH is 1. The lowest BCUT2D eigenvalue weighted by Gasteiger charge is -2.39. The lowest BCUT2D eigenvalue weighted by molar-refractivity contribution is -0.101. The van der Waals surface area contributed by atoms with Gasteiger partial charge in [-0.25, -0.2) is 0 Å². The zero-order valence-electron chi connectivity index (χ0n) is 8.84. The summed E-state index contributed by atoms with van der Waals surface area (Å²) in [4.78, 5) is 0. The van der Waals surface area contributed by atoms with Crippen molar-refractivity contribution in [1.29, 1.82) is 0 Å². The lowest BCUT2D eigenvalue weighted by Crippen LogP contribution is -2.51. The molecule has 0 aromatic carbocycles. The summed E-state index contributed by atoms with van der Waals surface area (Å²) in [7, 11) is 0. The molecule has 1 unspecified atom stereocenters. The molecule has 1 rings (SSSR count). The van der Waals surface area contributed by atoms with Crippen LogP contribution in [-0.4, -0.2) is 37.5 Å². The van der Waals surface area contributed by atoms with Gasteiger partial charge >= 0.3 is 0 Å². The third-order valence-corrected chi connectivity index (χ3v) is 2.69. The van der Waals surface area contributed by atoms with E-state index in [9.17, 15) is 0 Å². The van der Waals surface area contributed by atoms with Crippen LogP contribution in [-0.2, 0) is 4.74 Å². The topological polar surface area (TPSA) is 41.5 Å². The minimum absolute atomic E-state index is 0.217. The van der Waals surface area contributed by atoms with Crippen LogP contribution in [0.15, 0.2) is 0 Å². The Kier molecular flexibility index (Phi) is 3.71. The fraction of sp³-hybridized carbons (Fsp3) is 1.00. The van der Waals surface area contributed by atoms with Crippen molar-refractivity contribution in [2.24, 2.45) is 11.3 Å². The zero-order chi connectivity index (χ0) is 9.90. The highest BCUT2D eigenvalue weighted by Gasteiger charge is 2.33. The molecular weight excluding hydrogens is 166 g/mol. The van der Waals surface area contributed by atoms with Crippen LogP contribution in [0.5, 0.6) is 0 Å². The van der Waals surface area contributed by atoms with Gasteiger partial charge in [-0.3, -0.25) is 0 Å². The second kappa shape index (κ2) is 4.40. The van der Waals surface area contributed by atoms with Gasteiger partial charge in [0.25, 0.3) is 0 Å². The summed E-state index contributed by atoms with van der Waals surface area (Å²) >= 11 is 0. The number of hydrogen-bond acceptors (Lipinski definition) is 3. The Labute approximate surface area is 80.5 Å². The average Bonchev–Trinajstić information content (AvgIpc) is 2.02. The zero-order valence-corrected chi connectivity index (χ0v) is 8.84. The van der Waals surface area contributed by atoms with E-state index in [0.717, 1.165) is 19.8 Å². The summed E-state index contributed by atoms with van der Waals surface area (Å²) in [6, 6.07) is 0.220. The van der Waals surface area contributed by atoms with E-state index in [1.54, 1.807) is 0 Å². The van der Waals surface area contributed by atoms with E-state index in [-0.39, 0.29) is 12.6 Å². The molecule has 0 spiro atoms. The number of aliphatic hydroxyl groups is 1. The van der Waals surface area contributed by atoms with Gasteiger partial charge in [-0.1, -0.05) is 20.8 Å². The average molecular weight is 187 g/mol. The van der Waals surface area contributed by atoms with E-state index in [1.165, 1.54) is 0 Å². The summed E-state index contributed by atoms with van der Waals surface area (Å²) in [5.41, 5.74) is 0.294. The molecule has 0 aromatic rings. The summed E-state index contributed by atoms with van der Waals surface area (Å²) < 4.78 is 5.16. The molecule has 1 heterocycles. The summed E-state index contributed by atoms with van der Waals surface area (Å²) in [5.74, 6) is 0.481. The third kappa shape index (κ3) is 2.93. The Morgan fingerprint density at radius 2 is 2.08 bits per heavy atom. The van der Waals surface area contributed by atoms with E-state index < -0.39 is 0 Å². The number of ether oxygens (including phenoxy) is 1. The Hall–Kier alpha value is -0.120. The molecule has 1 saturated heterocycles. The molecule has 0 radical (unpaired) electrons. The van der Waals surface area contributed by atoms with Crippen molar-refractivity contribution in [1.82, 2.24) is 5.32 Å². The molecule has 1 atom stereocenters. The minimum Gasteiger partial charge on any atom is -0.395 e. The van der Waals surface area contributed by atoms with Crippen molar-refractivity contribution >= 4 is 0 Å². The van der Waals surface area contributed by atoms with Gasteiger partial charge in [0.1, 0.15) is 0 Å². The molecule has 3 heteroatoms. The van der Waals surface area contributed by atoms with Crippen LogP contribution in [0.1, 0.15) is 20.8 Å². The highest BCUT2D eigenvalue weighted by molar-refractivity contribution is 4.84. The monoisotopic (exact) mass is 187 g/mol. The molecule has 3 nitrogen and oxygen atoms in total. The third-order valence-electron chi connectivity index (χ3n) is 2.69. The molecule has 78 valence electrons. The first-order valence-electron chi connectivity index (χ1n) is 4.99. The van der Waals surface area contributed by atoms with E-state index in [2.05, 4.69) is 26.1 Å². The van der Waals surface area contributed by atoms with Crippen molar-refractivity contribution in [2.75, 3.05) is 26.4 Å². The largest absolute Gasteiger partial charge is 0.395 e. The van der Waals surface area contributed by atoms with E-state index in [1.807, 2.05) is 0 Å². The standard InChI is InChI=1S/C10H21NO2/c1-8(2)9(4-12)11-5-10(3)6-13-7-10/h8-9,11-12H,4-7H2,1-3H3. The second-order valence-corrected chi connectivity index (χ2v) is 4.72. The van der Waals surface area contributed by atoms with Crippen molar-refractivity contribution in [3.63, 3.8) is 0 Å². The maximum absolute atomic E-state index is 9.09. The van der Waals surface area contributed by atoms with E-state index in [0.29, 0.717) is 11.3 Å². The first kappa shape index (κ1) is 11.0. The molecule has 0 aromatic heterocycles. The molecule has 1 aliphatic heterocycles. The maximum Gasteiger partial charge on any atom is 0.0587 e. The number of nitrogens with one attached hydrogen (secondary N) is 1. The number of rotatable bonds is 5. The summed E-state index contributed by atoms with van der Waals surface area (Å²) in [6.45, 7) is 9.29. The quantitative estimate of drug-likeness (QED) is 0.663. The molecule has 13 heavy (non-hydrogen) atoms. The van der Waals surface area contributed by atoms with Crippen LogP contribution in [0.4, 0.5) is 0 Å². The van der Waals surface area contributed by atoms with Gasteiger partial charge in [0.05, 0.1) is 19.8 Å².